The largest absolute Gasteiger partial charge is 0.319 e. The maximum Gasteiger partial charge on any atom is 0.240 e. The number of nitrogens with zero attached hydrogens (tertiary/aromatic N) is 1. The van der Waals surface area contributed by atoms with Gasteiger partial charge in [-0.2, -0.15) is 0 Å². The van der Waals surface area contributed by atoms with E-state index in [0.717, 1.165) is 25.2 Å². The second-order valence-corrected chi connectivity index (χ2v) is 3.96. The van der Waals surface area contributed by atoms with E-state index in [1.54, 1.807) is 0 Å². The first-order valence-electron chi connectivity index (χ1n) is 5.60. The lowest BCUT2D eigenvalue weighted by Crippen LogP contribution is -2.32. The van der Waals surface area contributed by atoms with Crippen LogP contribution >= 0.6 is 0 Å². The van der Waals surface area contributed by atoms with Gasteiger partial charge in [0.1, 0.15) is 0 Å². The van der Waals surface area contributed by atoms with E-state index in [0.29, 0.717) is 6.42 Å². The van der Waals surface area contributed by atoms with Crippen LogP contribution in [0.4, 0.5) is 5.69 Å². The molecule has 1 aliphatic heterocycles. The first kappa shape index (κ1) is 11.0. The fourth-order valence-corrected chi connectivity index (χ4v) is 1.78. The van der Waals surface area contributed by atoms with Crippen molar-refractivity contribution in [3.05, 3.63) is 29.8 Å². The molecule has 1 heterocycles. The SMILES string of the molecule is CNCCc1ccc(N2CCC(=O)N2)cc1. The molecule has 1 aromatic carbocycles. The summed E-state index contributed by atoms with van der Waals surface area (Å²) in [6.07, 6.45) is 1.62. The van der Waals surface area contributed by atoms with Crippen molar-refractivity contribution in [2.75, 3.05) is 25.1 Å². The third kappa shape index (κ3) is 2.52. The molecule has 1 saturated heterocycles. The number of hydrogen-bond donors (Lipinski definition) is 2. The molecule has 2 rings (SSSR count). The topological polar surface area (TPSA) is 44.4 Å². The molecule has 0 bridgehead atoms. The van der Waals surface area contributed by atoms with Crippen LogP contribution in [0.2, 0.25) is 0 Å². The van der Waals surface area contributed by atoms with Gasteiger partial charge in [-0.3, -0.25) is 15.2 Å². The highest BCUT2D eigenvalue weighted by Crippen LogP contribution is 2.16. The lowest BCUT2D eigenvalue weighted by molar-refractivity contribution is -0.119. The lowest BCUT2D eigenvalue weighted by Gasteiger charge is -2.17. The molecule has 0 aliphatic carbocycles. The van der Waals surface area contributed by atoms with E-state index in [2.05, 4.69) is 35.0 Å². The number of carbonyl (C=O) groups excluding carboxylic acids is 1. The summed E-state index contributed by atoms with van der Waals surface area (Å²) in [5.74, 6) is 0.0965. The lowest BCUT2D eigenvalue weighted by atomic mass is 10.1. The van der Waals surface area contributed by atoms with Gasteiger partial charge in [0.15, 0.2) is 0 Å². The highest BCUT2D eigenvalue weighted by molar-refractivity contribution is 5.81. The minimum atomic E-state index is 0.0965. The van der Waals surface area contributed by atoms with Crippen molar-refractivity contribution < 1.29 is 4.79 Å². The maximum atomic E-state index is 11.1. The van der Waals surface area contributed by atoms with Crippen molar-refractivity contribution in [2.45, 2.75) is 12.8 Å². The molecule has 1 aromatic rings. The summed E-state index contributed by atoms with van der Waals surface area (Å²) in [5.41, 5.74) is 5.18. The first-order valence-corrected chi connectivity index (χ1v) is 5.60. The Morgan fingerprint density at radius 2 is 2.12 bits per heavy atom. The van der Waals surface area contributed by atoms with Crippen LogP contribution in [0.15, 0.2) is 24.3 Å². The van der Waals surface area contributed by atoms with Crippen LogP contribution in [0.3, 0.4) is 0 Å². The zero-order valence-electron chi connectivity index (χ0n) is 9.49. The van der Waals surface area contributed by atoms with Crippen molar-refractivity contribution in [3.8, 4) is 0 Å². The molecule has 1 amide bonds. The van der Waals surface area contributed by atoms with Crippen LogP contribution in [0, 0.1) is 0 Å². The highest BCUT2D eigenvalue weighted by atomic mass is 16.2. The summed E-state index contributed by atoms with van der Waals surface area (Å²) in [6, 6.07) is 8.32. The number of benzene rings is 1. The van der Waals surface area contributed by atoms with Crippen LogP contribution in [0.25, 0.3) is 0 Å². The summed E-state index contributed by atoms with van der Waals surface area (Å²) >= 11 is 0. The van der Waals surface area contributed by atoms with Gasteiger partial charge in [0.25, 0.3) is 0 Å². The smallest absolute Gasteiger partial charge is 0.240 e. The standard InChI is InChI=1S/C12H17N3O/c1-13-8-6-10-2-4-11(5-3-10)15-9-7-12(16)14-15/h2-5,13H,6-9H2,1H3,(H,14,16). The molecule has 0 spiro atoms. The maximum absolute atomic E-state index is 11.1. The summed E-state index contributed by atoms with van der Waals surface area (Å²) in [5, 5.41) is 5.02. The van der Waals surface area contributed by atoms with Crippen molar-refractivity contribution in [3.63, 3.8) is 0 Å². The van der Waals surface area contributed by atoms with Gasteiger partial charge in [-0.1, -0.05) is 12.1 Å². The van der Waals surface area contributed by atoms with E-state index in [1.165, 1.54) is 5.56 Å². The average molecular weight is 219 g/mol. The van der Waals surface area contributed by atoms with Crippen molar-refractivity contribution in [1.29, 1.82) is 0 Å². The van der Waals surface area contributed by atoms with Gasteiger partial charge in [-0.15, -0.1) is 0 Å². The van der Waals surface area contributed by atoms with Gasteiger partial charge in [0.2, 0.25) is 5.91 Å². The molecule has 0 aromatic heterocycles. The van der Waals surface area contributed by atoms with Gasteiger partial charge < -0.3 is 5.32 Å². The molecular weight excluding hydrogens is 202 g/mol. The number of hydrogen-bond acceptors (Lipinski definition) is 3. The Labute approximate surface area is 95.6 Å². The van der Waals surface area contributed by atoms with Crippen LogP contribution in [0.1, 0.15) is 12.0 Å². The van der Waals surface area contributed by atoms with Gasteiger partial charge in [-0.25, -0.2) is 0 Å². The monoisotopic (exact) mass is 219 g/mol. The molecule has 0 radical (unpaired) electrons. The van der Waals surface area contributed by atoms with Crippen molar-refractivity contribution in [1.82, 2.24) is 10.7 Å². The number of nitrogens with one attached hydrogen (secondary N) is 2. The molecule has 0 saturated carbocycles. The third-order valence-corrected chi connectivity index (χ3v) is 2.73. The number of hydrazine groups is 1. The first-order chi connectivity index (χ1) is 7.79. The van der Waals surface area contributed by atoms with E-state index in [-0.39, 0.29) is 5.91 Å². The second-order valence-electron chi connectivity index (χ2n) is 3.96. The van der Waals surface area contributed by atoms with Crippen LogP contribution in [-0.2, 0) is 11.2 Å². The Hall–Kier alpha value is -1.55. The number of amides is 1. The van der Waals surface area contributed by atoms with Gasteiger partial charge in [-0.05, 0) is 37.7 Å². The van der Waals surface area contributed by atoms with E-state index in [1.807, 2.05) is 12.1 Å². The Kier molecular flexibility index (Phi) is 3.41. The molecule has 1 aliphatic rings. The fraction of sp³-hybridized carbons (Fsp3) is 0.417. The highest BCUT2D eigenvalue weighted by Gasteiger charge is 2.17. The number of rotatable bonds is 4. The van der Waals surface area contributed by atoms with Gasteiger partial charge in [0, 0.05) is 13.0 Å². The molecule has 16 heavy (non-hydrogen) atoms. The van der Waals surface area contributed by atoms with E-state index in [9.17, 15) is 4.79 Å². The molecule has 4 nitrogen and oxygen atoms in total. The van der Waals surface area contributed by atoms with E-state index < -0.39 is 0 Å². The van der Waals surface area contributed by atoms with Crippen LogP contribution < -0.4 is 15.8 Å². The average Bonchev–Trinajstić information content (AvgIpc) is 2.74. The van der Waals surface area contributed by atoms with Crippen LogP contribution in [0.5, 0.6) is 0 Å². The summed E-state index contributed by atoms with van der Waals surface area (Å²) < 4.78 is 0. The van der Waals surface area contributed by atoms with Crippen LogP contribution in [-0.4, -0.2) is 26.0 Å². The molecule has 86 valence electrons. The Balaban J connectivity index is 1.99. The Morgan fingerprint density at radius 1 is 1.38 bits per heavy atom. The minimum Gasteiger partial charge on any atom is -0.319 e. The van der Waals surface area contributed by atoms with Gasteiger partial charge in [0.05, 0.1) is 5.69 Å². The predicted molar refractivity (Wildman–Crippen MR) is 64.2 cm³/mol. The molecule has 4 heteroatoms. The predicted octanol–water partition coefficient (Wildman–Crippen LogP) is 0.690. The minimum absolute atomic E-state index is 0.0965. The number of carbonyl (C=O) groups is 1. The molecule has 0 atom stereocenters. The fourth-order valence-electron chi connectivity index (χ4n) is 1.78. The quantitative estimate of drug-likeness (QED) is 0.783. The Morgan fingerprint density at radius 3 is 2.69 bits per heavy atom. The number of anilines is 1. The third-order valence-electron chi connectivity index (χ3n) is 2.73. The molecule has 1 fully saturated rings. The van der Waals surface area contributed by atoms with E-state index >= 15 is 0 Å². The summed E-state index contributed by atoms with van der Waals surface area (Å²) in [6.45, 7) is 1.74. The Bertz CT molecular complexity index is 361. The zero-order chi connectivity index (χ0) is 11.4. The summed E-state index contributed by atoms with van der Waals surface area (Å²) in [7, 11) is 1.95. The van der Waals surface area contributed by atoms with Gasteiger partial charge >= 0.3 is 0 Å². The van der Waals surface area contributed by atoms with Crippen molar-refractivity contribution >= 4 is 11.6 Å². The summed E-state index contributed by atoms with van der Waals surface area (Å²) in [4.78, 5) is 11.1. The molecule has 0 unspecified atom stereocenters. The second kappa shape index (κ2) is 4.99. The van der Waals surface area contributed by atoms with Crippen molar-refractivity contribution in [2.24, 2.45) is 0 Å². The van der Waals surface area contributed by atoms with E-state index in [4.69, 9.17) is 0 Å². The number of likely N-dealkylation sites (N-methyl/N-ethyl adjacent to an activating group) is 1. The molecule has 2 N–H and O–H groups in total. The normalized spacial score (nSPS) is 15.3. The molecular formula is C12H17N3O. The zero-order valence-corrected chi connectivity index (χ0v) is 9.49.